The fourth-order valence-corrected chi connectivity index (χ4v) is 1.36. The van der Waals surface area contributed by atoms with Gasteiger partial charge in [0, 0.05) is 0 Å². The summed E-state index contributed by atoms with van der Waals surface area (Å²) >= 11 is 4.11. The second-order valence-electron chi connectivity index (χ2n) is 3.28. The van der Waals surface area contributed by atoms with Crippen LogP contribution in [0.25, 0.3) is 0 Å². The monoisotopic (exact) mass is 230 g/mol. The van der Waals surface area contributed by atoms with Gasteiger partial charge in [-0.1, -0.05) is 13.3 Å². The zero-order valence-electron chi connectivity index (χ0n) is 8.31. The summed E-state index contributed by atoms with van der Waals surface area (Å²) in [6.07, 6.45) is -3.01. The third-order valence-corrected chi connectivity index (χ3v) is 2.35. The molecule has 0 amide bonds. The van der Waals surface area contributed by atoms with E-state index in [4.69, 9.17) is 4.74 Å². The van der Waals surface area contributed by atoms with E-state index in [1.165, 1.54) is 0 Å². The maximum atomic E-state index is 11.7. The number of hydrogen-bond donors (Lipinski definition) is 1. The molecule has 1 unspecified atom stereocenters. The van der Waals surface area contributed by atoms with Gasteiger partial charge in [0.1, 0.15) is 0 Å². The molecule has 0 rings (SSSR count). The summed E-state index contributed by atoms with van der Waals surface area (Å²) in [5, 5.41) is 0. The molecule has 0 N–H and O–H groups in total. The third-order valence-electron chi connectivity index (χ3n) is 1.84. The Bertz CT molecular complexity index is 139. The summed E-state index contributed by atoms with van der Waals surface area (Å²) in [6.45, 7) is 2.18. The van der Waals surface area contributed by atoms with E-state index >= 15 is 0 Å². The van der Waals surface area contributed by atoms with E-state index in [2.05, 4.69) is 12.6 Å². The Balaban J connectivity index is 3.42. The molecule has 86 valence electrons. The van der Waals surface area contributed by atoms with Crippen LogP contribution in [0.4, 0.5) is 13.2 Å². The van der Waals surface area contributed by atoms with Gasteiger partial charge >= 0.3 is 6.18 Å². The van der Waals surface area contributed by atoms with Crippen LogP contribution < -0.4 is 0 Å². The van der Waals surface area contributed by atoms with E-state index in [1.807, 2.05) is 6.92 Å². The molecule has 0 aromatic carbocycles. The van der Waals surface area contributed by atoms with E-state index < -0.39 is 12.6 Å². The fourth-order valence-electron chi connectivity index (χ4n) is 1.07. The Kier molecular flexibility index (Phi) is 7.45. The molecule has 14 heavy (non-hydrogen) atoms. The number of alkyl halides is 3. The Morgan fingerprint density at radius 2 is 2.00 bits per heavy atom. The van der Waals surface area contributed by atoms with Crippen LogP contribution in [0.5, 0.6) is 0 Å². The predicted molar refractivity (Wildman–Crippen MR) is 53.7 cm³/mol. The molecular formula is C9H17F3OS. The molecule has 0 saturated heterocycles. The number of ether oxygens (including phenoxy) is 1. The van der Waals surface area contributed by atoms with Crippen LogP contribution in [-0.2, 0) is 4.74 Å². The first-order valence-corrected chi connectivity index (χ1v) is 5.38. The molecule has 0 bridgehead atoms. The highest BCUT2D eigenvalue weighted by Crippen LogP contribution is 2.19. The topological polar surface area (TPSA) is 9.23 Å². The van der Waals surface area contributed by atoms with Gasteiger partial charge in [-0.15, -0.1) is 0 Å². The second kappa shape index (κ2) is 7.40. The summed E-state index contributed by atoms with van der Waals surface area (Å²) in [7, 11) is 0. The van der Waals surface area contributed by atoms with E-state index in [-0.39, 0.29) is 12.5 Å². The lowest BCUT2D eigenvalue weighted by molar-refractivity contribution is -0.145. The Hall–Kier alpha value is 0.100. The first kappa shape index (κ1) is 14.1. The van der Waals surface area contributed by atoms with Crippen LogP contribution >= 0.6 is 12.6 Å². The van der Waals surface area contributed by atoms with Crippen LogP contribution in [0.3, 0.4) is 0 Å². The molecule has 5 heteroatoms. The van der Waals surface area contributed by atoms with Crippen molar-refractivity contribution < 1.29 is 17.9 Å². The molecule has 0 aliphatic rings. The molecule has 0 aromatic heterocycles. The van der Waals surface area contributed by atoms with Gasteiger partial charge in [0.05, 0.1) is 19.6 Å². The SMILES string of the molecule is CCCC(CS)COCCC(F)(F)F. The largest absolute Gasteiger partial charge is 0.391 e. The number of hydrogen-bond acceptors (Lipinski definition) is 2. The van der Waals surface area contributed by atoms with E-state index in [9.17, 15) is 13.2 Å². The van der Waals surface area contributed by atoms with Gasteiger partial charge in [-0.3, -0.25) is 0 Å². The average molecular weight is 230 g/mol. The molecule has 0 saturated carbocycles. The molecule has 0 heterocycles. The lowest BCUT2D eigenvalue weighted by Gasteiger charge is -2.14. The normalized spacial score (nSPS) is 14.4. The lowest BCUT2D eigenvalue weighted by atomic mass is 10.1. The van der Waals surface area contributed by atoms with Crippen molar-refractivity contribution in [1.29, 1.82) is 0 Å². The first-order chi connectivity index (χ1) is 6.49. The quantitative estimate of drug-likeness (QED) is 0.521. The fraction of sp³-hybridized carbons (Fsp3) is 1.00. The van der Waals surface area contributed by atoms with Gasteiger partial charge in [0.2, 0.25) is 0 Å². The van der Waals surface area contributed by atoms with Crippen molar-refractivity contribution in [2.75, 3.05) is 19.0 Å². The minimum atomic E-state index is -4.11. The van der Waals surface area contributed by atoms with Crippen molar-refractivity contribution in [2.24, 2.45) is 5.92 Å². The van der Waals surface area contributed by atoms with Crippen molar-refractivity contribution in [2.45, 2.75) is 32.4 Å². The number of halogens is 3. The number of thiol groups is 1. The Morgan fingerprint density at radius 1 is 1.36 bits per heavy atom. The molecule has 0 aromatic rings. The standard InChI is InChI=1S/C9H17F3OS/c1-2-3-8(7-14)6-13-5-4-9(10,11)12/h8,14H,2-7H2,1H3. The Labute approximate surface area is 88.4 Å². The molecule has 0 spiro atoms. The predicted octanol–water partition coefficient (Wildman–Crippen LogP) is 3.30. The minimum Gasteiger partial charge on any atom is -0.381 e. The van der Waals surface area contributed by atoms with Crippen LogP contribution in [0.2, 0.25) is 0 Å². The van der Waals surface area contributed by atoms with Gasteiger partial charge in [-0.2, -0.15) is 25.8 Å². The van der Waals surface area contributed by atoms with E-state index in [1.54, 1.807) is 0 Å². The minimum absolute atomic E-state index is 0.239. The first-order valence-electron chi connectivity index (χ1n) is 4.75. The van der Waals surface area contributed by atoms with Crippen molar-refractivity contribution in [3.8, 4) is 0 Å². The van der Waals surface area contributed by atoms with Crippen molar-refractivity contribution in [3.63, 3.8) is 0 Å². The summed E-state index contributed by atoms with van der Waals surface area (Å²) in [5.74, 6) is 0.941. The third kappa shape index (κ3) is 8.69. The van der Waals surface area contributed by atoms with Crippen molar-refractivity contribution in [1.82, 2.24) is 0 Å². The van der Waals surface area contributed by atoms with Crippen molar-refractivity contribution in [3.05, 3.63) is 0 Å². The van der Waals surface area contributed by atoms with Gasteiger partial charge in [0.25, 0.3) is 0 Å². The van der Waals surface area contributed by atoms with Gasteiger partial charge in [0.15, 0.2) is 0 Å². The highest BCUT2D eigenvalue weighted by Gasteiger charge is 2.26. The van der Waals surface area contributed by atoms with Crippen LogP contribution in [-0.4, -0.2) is 25.1 Å². The van der Waals surface area contributed by atoms with Gasteiger partial charge in [-0.25, -0.2) is 0 Å². The smallest absolute Gasteiger partial charge is 0.381 e. The van der Waals surface area contributed by atoms with E-state index in [0.717, 1.165) is 12.8 Å². The molecule has 0 aliphatic heterocycles. The van der Waals surface area contributed by atoms with Crippen LogP contribution in [0.15, 0.2) is 0 Å². The summed E-state index contributed by atoms with van der Waals surface area (Å²) in [6, 6.07) is 0. The zero-order valence-corrected chi connectivity index (χ0v) is 9.20. The molecular weight excluding hydrogens is 213 g/mol. The van der Waals surface area contributed by atoms with E-state index in [0.29, 0.717) is 12.4 Å². The maximum Gasteiger partial charge on any atom is 0.391 e. The molecule has 0 aliphatic carbocycles. The summed E-state index contributed by atoms with van der Waals surface area (Å²) in [5.41, 5.74) is 0. The molecule has 1 atom stereocenters. The zero-order chi connectivity index (χ0) is 11.0. The van der Waals surface area contributed by atoms with Crippen molar-refractivity contribution >= 4 is 12.6 Å². The molecule has 0 fully saturated rings. The number of rotatable bonds is 7. The van der Waals surface area contributed by atoms with Gasteiger partial charge in [-0.05, 0) is 18.1 Å². The highest BCUT2D eigenvalue weighted by atomic mass is 32.1. The van der Waals surface area contributed by atoms with Crippen LogP contribution in [0.1, 0.15) is 26.2 Å². The van der Waals surface area contributed by atoms with Crippen LogP contribution in [0, 0.1) is 5.92 Å². The summed E-state index contributed by atoms with van der Waals surface area (Å²) < 4.78 is 40.1. The highest BCUT2D eigenvalue weighted by molar-refractivity contribution is 7.80. The molecule has 0 radical (unpaired) electrons. The maximum absolute atomic E-state index is 11.7. The second-order valence-corrected chi connectivity index (χ2v) is 3.64. The lowest BCUT2D eigenvalue weighted by Crippen LogP contribution is -2.16. The molecule has 1 nitrogen and oxygen atoms in total. The van der Waals surface area contributed by atoms with Gasteiger partial charge < -0.3 is 4.74 Å². The summed E-state index contributed by atoms with van der Waals surface area (Å²) in [4.78, 5) is 0. The average Bonchev–Trinajstić information content (AvgIpc) is 2.08. The Morgan fingerprint density at radius 3 is 2.43 bits per heavy atom.